The molecular weight excluding hydrogens is 577 g/mol. The molecule has 0 saturated carbocycles. The van der Waals surface area contributed by atoms with E-state index in [0.29, 0.717) is 44.4 Å². The van der Waals surface area contributed by atoms with E-state index in [1.54, 1.807) is 0 Å². The van der Waals surface area contributed by atoms with Crippen LogP contribution in [0.2, 0.25) is 0 Å². The first-order valence-electron chi connectivity index (χ1n) is 11.9. The summed E-state index contributed by atoms with van der Waals surface area (Å²) in [7, 11) is 0. The van der Waals surface area contributed by atoms with E-state index in [0.717, 1.165) is 42.4 Å². The van der Waals surface area contributed by atoms with Crippen LogP contribution in [-0.4, -0.2) is 60.1 Å². The molecular formula is C24H32Cl2F6N4OS. The van der Waals surface area contributed by atoms with E-state index in [2.05, 4.69) is 29.1 Å². The van der Waals surface area contributed by atoms with E-state index < -0.39 is 23.5 Å². The van der Waals surface area contributed by atoms with Gasteiger partial charge in [0, 0.05) is 19.6 Å². The Hall–Kier alpha value is -1.47. The summed E-state index contributed by atoms with van der Waals surface area (Å²) in [5.74, 6) is 0.679. The first kappa shape index (κ1) is 34.6. The van der Waals surface area contributed by atoms with E-state index >= 15 is 0 Å². The highest BCUT2D eigenvalue weighted by Gasteiger charge is 2.38. The van der Waals surface area contributed by atoms with Crippen LogP contribution in [0.4, 0.5) is 31.1 Å². The molecule has 1 aromatic rings. The van der Waals surface area contributed by atoms with E-state index in [1.807, 2.05) is 11.0 Å². The van der Waals surface area contributed by atoms with Crippen LogP contribution in [0.3, 0.4) is 0 Å². The number of aliphatic imine (C=N–C) groups is 1. The number of hydrogen-bond acceptors (Lipinski definition) is 5. The number of nitrogens with one attached hydrogen (secondary N) is 1. The molecule has 38 heavy (non-hydrogen) atoms. The number of hydrogen-bond donors (Lipinski definition) is 1. The highest BCUT2D eigenvalue weighted by atomic mass is 35.5. The Morgan fingerprint density at radius 3 is 2.26 bits per heavy atom. The van der Waals surface area contributed by atoms with Gasteiger partial charge < -0.3 is 10.2 Å². The molecule has 0 unspecified atom stereocenters. The van der Waals surface area contributed by atoms with Gasteiger partial charge in [-0.15, -0.1) is 24.8 Å². The molecule has 2 heterocycles. The summed E-state index contributed by atoms with van der Waals surface area (Å²) >= 11 is 1.06. The van der Waals surface area contributed by atoms with E-state index in [4.69, 9.17) is 0 Å². The molecule has 5 nitrogen and oxygen atoms in total. The van der Waals surface area contributed by atoms with Crippen LogP contribution in [0, 0.1) is 5.92 Å². The standard InChI is InChI=1S/C24H30F6N4OS.2ClH/c1-3-33(4-2)12-9-31-21-20(36-22(35)32-21)13-16-7-10-34(11-8-16)15-17-5-6-18(23(25,26)27)14-19(17)24(28,29)30;;/h5-6,13-14,16H,3-4,7-12,15H2,1-2H3,(H,31,32,35);2*1H/b20-13-;;. The highest BCUT2D eigenvalue weighted by molar-refractivity contribution is 8.18. The van der Waals surface area contributed by atoms with Gasteiger partial charge in [0.2, 0.25) is 0 Å². The van der Waals surface area contributed by atoms with Gasteiger partial charge in [0.25, 0.3) is 0 Å². The van der Waals surface area contributed by atoms with Crippen molar-refractivity contribution in [2.75, 3.05) is 39.3 Å². The van der Waals surface area contributed by atoms with Crippen molar-refractivity contribution in [2.45, 2.75) is 45.6 Å². The van der Waals surface area contributed by atoms with Crippen molar-refractivity contribution < 1.29 is 31.1 Å². The van der Waals surface area contributed by atoms with Crippen LogP contribution >= 0.6 is 36.6 Å². The summed E-state index contributed by atoms with van der Waals surface area (Å²) in [6.45, 7) is 8.39. The van der Waals surface area contributed by atoms with Gasteiger partial charge in [-0.05, 0) is 74.4 Å². The topological polar surface area (TPSA) is 47.9 Å². The molecule has 0 aliphatic carbocycles. The lowest BCUT2D eigenvalue weighted by atomic mass is 9.95. The fraction of sp³-hybridized carbons (Fsp3) is 0.583. The fourth-order valence-electron chi connectivity index (χ4n) is 4.31. The van der Waals surface area contributed by atoms with Gasteiger partial charge in [-0.2, -0.15) is 31.3 Å². The van der Waals surface area contributed by atoms with Crippen LogP contribution in [-0.2, 0) is 18.9 Å². The van der Waals surface area contributed by atoms with Crippen molar-refractivity contribution in [1.82, 2.24) is 15.1 Å². The van der Waals surface area contributed by atoms with Gasteiger partial charge in [-0.3, -0.25) is 9.69 Å². The van der Waals surface area contributed by atoms with Crippen molar-refractivity contribution in [2.24, 2.45) is 10.9 Å². The third-order valence-electron chi connectivity index (χ3n) is 6.40. The molecule has 1 N–H and O–H groups in total. The molecule has 0 radical (unpaired) electrons. The summed E-state index contributed by atoms with van der Waals surface area (Å²) < 4.78 is 79.1. The predicted octanol–water partition coefficient (Wildman–Crippen LogP) is 6.86. The molecule has 0 spiro atoms. The number of likely N-dealkylation sites (tertiary alicyclic amines) is 1. The van der Waals surface area contributed by atoms with Crippen LogP contribution in [0.1, 0.15) is 43.4 Å². The average Bonchev–Trinajstić information content (AvgIpc) is 3.15. The Labute approximate surface area is 235 Å². The zero-order valence-corrected chi connectivity index (χ0v) is 23.4. The number of allylic oxidation sites excluding steroid dienone is 1. The molecule has 1 amide bonds. The van der Waals surface area contributed by atoms with Gasteiger partial charge in [0.05, 0.1) is 16.0 Å². The number of benzene rings is 1. The van der Waals surface area contributed by atoms with Gasteiger partial charge in [0.1, 0.15) is 5.84 Å². The van der Waals surface area contributed by atoms with E-state index in [-0.39, 0.29) is 54.1 Å². The minimum atomic E-state index is -4.88. The third-order valence-corrected chi connectivity index (χ3v) is 7.22. The van der Waals surface area contributed by atoms with Gasteiger partial charge in [-0.25, -0.2) is 0 Å². The van der Waals surface area contributed by atoms with Gasteiger partial charge >= 0.3 is 17.6 Å². The SMILES string of the molecule is CCN(CC)CCNC1=NC(=O)S/C1=C\C1CCN(Cc2ccc(C(F)(F)F)cc2C(F)(F)F)CC1.Cl.Cl. The summed E-state index contributed by atoms with van der Waals surface area (Å²) in [4.78, 5) is 20.8. The monoisotopic (exact) mass is 608 g/mol. The highest BCUT2D eigenvalue weighted by Crippen LogP contribution is 2.38. The minimum absolute atomic E-state index is 0. The number of carbonyl (C=O) groups excluding carboxylic acids is 1. The first-order chi connectivity index (χ1) is 16.9. The lowest BCUT2D eigenvalue weighted by Gasteiger charge is -2.31. The maximum absolute atomic E-state index is 13.5. The molecule has 0 atom stereocenters. The molecule has 216 valence electrons. The lowest BCUT2D eigenvalue weighted by Crippen LogP contribution is -2.35. The van der Waals surface area contributed by atoms with Gasteiger partial charge in [0.15, 0.2) is 0 Å². The second kappa shape index (κ2) is 14.8. The molecule has 0 aromatic heterocycles. The van der Waals surface area contributed by atoms with Crippen molar-refractivity contribution in [3.8, 4) is 0 Å². The number of amides is 1. The number of amidine groups is 1. The molecule has 2 aliphatic rings. The Morgan fingerprint density at radius 2 is 1.71 bits per heavy atom. The van der Waals surface area contributed by atoms with Crippen LogP contribution in [0.5, 0.6) is 0 Å². The smallest absolute Gasteiger partial charge is 0.368 e. The third kappa shape index (κ3) is 9.62. The minimum Gasteiger partial charge on any atom is -0.368 e. The van der Waals surface area contributed by atoms with Crippen molar-refractivity contribution in [1.29, 1.82) is 0 Å². The Bertz CT molecular complexity index is 991. The molecule has 1 fully saturated rings. The predicted molar refractivity (Wildman–Crippen MR) is 143 cm³/mol. The molecule has 1 saturated heterocycles. The number of carbonyl (C=O) groups is 1. The number of piperidine rings is 1. The van der Waals surface area contributed by atoms with Crippen molar-refractivity contribution in [3.63, 3.8) is 0 Å². The zero-order valence-electron chi connectivity index (χ0n) is 21.0. The summed E-state index contributed by atoms with van der Waals surface area (Å²) in [5, 5.41) is 2.94. The molecule has 14 heteroatoms. The summed E-state index contributed by atoms with van der Waals surface area (Å²) in [6, 6.07) is 1.81. The normalized spacial score (nSPS) is 18.4. The van der Waals surface area contributed by atoms with Crippen LogP contribution in [0.15, 0.2) is 34.2 Å². The number of nitrogens with zero attached hydrogens (tertiary/aromatic N) is 3. The first-order valence-corrected chi connectivity index (χ1v) is 12.7. The molecule has 1 aromatic carbocycles. The summed E-state index contributed by atoms with van der Waals surface area (Å²) in [6.07, 6.45) is -6.40. The number of halogens is 8. The average molecular weight is 610 g/mol. The Morgan fingerprint density at radius 1 is 1.08 bits per heavy atom. The van der Waals surface area contributed by atoms with Crippen molar-refractivity contribution in [3.05, 3.63) is 45.9 Å². The number of rotatable bonds is 8. The molecule has 3 rings (SSSR count). The van der Waals surface area contributed by atoms with E-state index in [9.17, 15) is 31.1 Å². The maximum atomic E-state index is 13.5. The Balaban J connectivity index is 0.00000361. The van der Waals surface area contributed by atoms with Crippen LogP contribution < -0.4 is 5.32 Å². The lowest BCUT2D eigenvalue weighted by molar-refractivity contribution is -0.143. The largest absolute Gasteiger partial charge is 0.416 e. The summed E-state index contributed by atoms with van der Waals surface area (Å²) in [5.41, 5.74) is -2.73. The maximum Gasteiger partial charge on any atom is 0.416 e. The number of likely N-dealkylation sites (N-methyl/N-ethyl adjacent to an activating group) is 1. The quantitative estimate of drug-likeness (QED) is 0.327. The van der Waals surface area contributed by atoms with Gasteiger partial charge in [-0.1, -0.05) is 26.0 Å². The number of thioether (sulfide) groups is 1. The van der Waals surface area contributed by atoms with Crippen molar-refractivity contribution >= 4 is 47.7 Å². The second-order valence-electron chi connectivity index (χ2n) is 8.79. The molecule has 0 bridgehead atoms. The van der Waals surface area contributed by atoms with E-state index in [1.165, 1.54) is 0 Å². The molecule has 2 aliphatic heterocycles. The number of alkyl halides is 6. The van der Waals surface area contributed by atoms with Crippen LogP contribution in [0.25, 0.3) is 0 Å². The Kier molecular flexibility index (Phi) is 13.4. The zero-order chi connectivity index (χ0) is 26.5. The fourth-order valence-corrected chi connectivity index (χ4v) is 5.11. The second-order valence-corrected chi connectivity index (χ2v) is 9.79.